The molecule has 0 N–H and O–H groups in total. The minimum absolute atomic E-state index is 0.219. The van der Waals surface area contributed by atoms with Gasteiger partial charge in [0.25, 0.3) is 0 Å². The Hall–Kier alpha value is -1.87. The van der Waals surface area contributed by atoms with E-state index in [1.54, 1.807) is 6.08 Å². The number of hydrogen-bond donors (Lipinski definition) is 0. The van der Waals surface area contributed by atoms with Gasteiger partial charge >= 0.3 is 5.97 Å². The summed E-state index contributed by atoms with van der Waals surface area (Å²) < 4.78 is 5.58. The fourth-order valence-corrected chi connectivity index (χ4v) is 4.03. The molecule has 0 saturated carbocycles. The van der Waals surface area contributed by atoms with E-state index >= 15 is 0 Å². The maximum atomic E-state index is 12.1. The van der Waals surface area contributed by atoms with E-state index in [-0.39, 0.29) is 5.97 Å². The van der Waals surface area contributed by atoms with Crippen LogP contribution in [0.3, 0.4) is 0 Å². The van der Waals surface area contributed by atoms with Crippen LogP contribution < -0.4 is 0 Å². The Morgan fingerprint density at radius 2 is 1.96 bits per heavy atom. The third-order valence-corrected chi connectivity index (χ3v) is 5.35. The molecule has 0 amide bonds. The second kappa shape index (κ2) is 9.00. The number of carbonyl (C=O) groups is 1. The smallest absolute Gasteiger partial charge is 0.331 e. The molecule has 2 fully saturated rings. The lowest BCUT2D eigenvalue weighted by atomic mass is 9.84. The molecule has 1 aromatic carbocycles. The van der Waals surface area contributed by atoms with Crippen molar-refractivity contribution in [3.63, 3.8) is 0 Å². The molecule has 0 spiro atoms. The van der Waals surface area contributed by atoms with Crippen LogP contribution in [0.1, 0.15) is 44.6 Å². The molecule has 134 valence electrons. The number of benzene rings is 1. The average molecular weight is 339 g/mol. The van der Waals surface area contributed by atoms with Gasteiger partial charge in [0.2, 0.25) is 0 Å². The standard InChI is InChI=1S/C22H29NO2/c1-18(12-13-19-8-3-2-4-9-19)16-22(24)25-17-20-10-7-15-23-14-6-5-11-21(20)23/h2-4,8-9,12-13,16,20-21H,5-7,10-11,14-15,17H2,1H3/t20-,21-/m1/s1. The van der Waals surface area contributed by atoms with Crippen LogP contribution in [0.5, 0.6) is 0 Å². The molecule has 2 atom stereocenters. The highest BCUT2D eigenvalue weighted by Gasteiger charge is 2.33. The van der Waals surface area contributed by atoms with Crippen LogP contribution in [0, 0.1) is 5.92 Å². The van der Waals surface area contributed by atoms with Crippen molar-refractivity contribution >= 4 is 12.0 Å². The zero-order valence-corrected chi connectivity index (χ0v) is 15.2. The number of nitrogens with zero attached hydrogens (tertiary/aromatic N) is 1. The van der Waals surface area contributed by atoms with Gasteiger partial charge in [-0.1, -0.05) is 48.9 Å². The molecule has 0 radical (unpaired) electrons. The lowest BCUT2D eigenvalue weighted by molar-refractivity contribution is -0.140. The topological polar surface area (TPSA) is 29.5 Å². The molecule has 1 aromatic rings. The van der Waals surface area contributed by atoms with Crippen LogP contribution in [-0.4, -0.2) is 36.6 Å². The van der Waals surface area contributed by atoms with Crippen molar-refractivity contribution in [1.82, 2.24) is 4.90 Å². The second-order valence-corrected chi connectivity index (χ2v) is 7.26. The second-order valence-electron chi connectivity index (χ2n) is 7.26. The molecule has 25 heavy (non-hydrogen) atoms. The molecule has 2 aliphatic heterocycles. The van der Waals surface area contributed by atoms with Crippen molar-refractivity contribution < 1.29 is 9.53 Å². The monoisotopic (exact) mass is 339 g/mol. The molecule has 0 bridgehead atoms. The van der Waals surface area contributed by atoms with Gasteiger partial charge in [-0.25, -0.2) is 4.79 Å². The first-order valence-corrected chi connectivity index (χ1v) is 9.54. The van der Waals surface area contributed by atoms with Crippen LogP contribution in [0.15, 0.2) is 48.1 Å². The van der Waals surface area contributed by atoms with E-state index in [9.17, 15) is 4.79 Å². The highest BCUT2D eigenvalue weighted by atomic mass is 16.5. The van der Waals surface area contributed by atoms with E-state index in [0.717, 1.165) is 11.1 Å². The molecule has 0 unspecified atom stereocenters. The van der Waals surface area contributed by atoms with Gasteiger partial charge in [0, 0.05) is 18.0 Å². The molecule has 3 rings (SSSR count). The van der Waals surface area contributed by atoms with Crippen LogP contribution in [0.4, 0.5) is 0 Å². The minimum Gasteiger partial charge on any atom is -0.462 e. The fraction of sp³-hybridized carbons (Fsp3) is 0.500. The van der Waals surface area contributed by atoms with Gasteiger partial charge in [0.05, 0.1) is 6.61 Å². The average Bonchev–Trinajstić information content (AvgIpc) is 2.65. The van der Waals surface area contributed by atoms with Crippen molar-refractivity contribution in [2.75, 3.05) is 19.7 Å². The predicted molar refractivity (Wildman–Crippen MR) is 102 cm³/mol. The van der Waals surface area contributed by atoms with E-state index in [1.165, 1.54) is 45.2 Å². The van der Waals surface area contributed by atoms with E-state index in [1.807, 2.05) is 49.4 Å². The molecule has 2 saturated heterocycles. The summed E-state index contributed by atoms with van der Waals surface area (Å²) in [6, 6.07) is 10.7. The Balaban J connectivity index is 1.49. The molecule has 2 heterocycles. The minimum atomic E-state index is -0.219. The lowest BCUT2D eigenvalue weighted by Crippen LogP contribution is -2.49. The molecular weight excluding hydrogens is 310 g/mol. The van der Waals surface area contributed by atoms with Crippen molar-refractivity contribution in [2.45, 2.75) is 45.1 Å². The Kier molecular flexibility index (Phi) is 6.46. The van der Waals surface area contributed by atoms with Crippen LogP contribution in [0.25, 0.3) is 6.08 Å². The van der Waals surface area contributed by atoms with Crippen LogP contribution in [-0.2, 0) is 9.53 Å². The Morgan fingerprint density at radius 1 is 1.16 bits per heavy atom. The number of fused-ring (bicyclic) bond motifs is 1. The summed E-state index contributed by atoms with van der Waals surface area (Å²) in [6.07, 6.45) is 11.9. The summed E-state index contributed by atoms with van der Waals surface area (Å²) >= 11 is 0. The molecule has 3 nitrogen and oxygen atoms in total. The lowest BCUT2D eigenvalue weighted by Gasteiger charge is -2.44. The number of carbonyl (C=O) groups excluding carboxylic acids is 1. The van der Waals surface area contributed by atoms with E-state index in [0.29, 0.717) is 18.6 Å². The number of piperidine rings is 2. The van der Waals surface area contributed by atoms with Crippen molar-refractivity contribution in [3.05, 3.63) is 53.6 Å². The van der Waals surface area contributed by atoms with E-state index < -0.39 is 0 Å². The third-order valence-electron chi connectivity index (χ3n) is 5.35. The maximum Gasteiger partial charge on any atom is 0.331 e. The van der Waals surface area contributed by atoms with Gasteiger partial charge in [-0.05, 0) is 56.8 Å². The molecule has 2 aliphatic rings. The summed E-state index contributed by atoms with van der Waals surface area (Å²) in [6.45, 7) is 4.94. The number of hydrogen-bond acceptors (Lipinski definition) is 3. The van der Waals surface area contributed by atoms with Gasteiger partial charge < -0.3 is 4.74 Å². The molecular formula is C22H29NO2. The highest BCUT2D eigenvalue weighted by molar-refractivity contribution is 5.83. The Bertz CT molecular complexity index is 618. The van der Waals surface area contributed by atoms with Crippen molar-refractivity contribution in [1.29, 1.82) is 0 Å². The number of allylic oxidation sites excluding steroid dienone is 2. The van der Waals surface area contributed by atoms with E-state index in [4.69, 9.17) is 4.74 Å². The molecule has 3 heteroatoms. The summed E-state index contributed by atoms with van der Waals surface area (Å²) in [4.78, 5) is 14.7. The number of ether oxygens (including phenoxy) is 1. The summed E-state index contributed by atoms with van der Waals surface area (Å²) in [5, 5.41) is 0. The van der Waals surface area contributed by atoms with Crippen LogP contribution in [0.2, 0.25) is 0 Å². The SMILES string of the molecule is CC(C=Cc1ccccc1)=CC(=O)OC[C@H]1CCCN2CCCC[C@H]12. The maximum absolute atomic E-state index is 12.1. The number of rotatable bonds is 5. The largest absolute Gasteiger partial charge is 0.462 e. The first-order valence-electron chi connectivity index (χ1n) is 9.54. The van der Waals surface area contributed by atoms with Gasteiger partial charge in [-0.15, -0.1) is 0 Å². The number of esters is 1. The summed E-state index contributed by atoms with van der Waals surface area (Å²) in [5.74, 6) is 0.287. The van der Waals surface area contributed by atoms with Crippen LogP contribution >= 0.6 is 0 Å². The summed E-state index contributed by atoms with van der Waals surface area (Å²) in [7, 11) is 0. The zero-order chi connectivity index (χ0) is 17.5. The third kappa shape index (κ3) is 5.30. The van der Waals surface area contributed by atoms with Gasteiger partial charge in [0.1, 0.15) is 0 Å². The van der Waals surface area contributed by atoms with Gasteiger partial charge in [-0.3, -0.25) is 4.90 Å². The van der Waals surface area contributed by atoms with Crippen molar-refractivity contribution in [2.24, 2.45) is 5.92 Å². The zero-order valence-electron chi connectivity index (χ0n) is 15.2. The van der Waals surface area contributed by atoms with E-state index in [2.05, 4.69) is 4.90 Å². The fourth-order valence-electron chi connectivity index (χ4n) is 4.03. The summed E-state index contributed by atoms with van der Waals surface area (Å²) in [5.41, 5.74) is 2.04. The first kappa shape index (κ1) is 17.9. The Labute approximate surface area is 151 Å². The van der Waals surface area contributed by atoms with Gasteiger partial charge in [0.15, 0.2) is 0 Å². The predicted octanol–water partition coefficient (Wildman–Crippen LogP) is 4.45. The molecule has 0 aliphatic carbocycles. The quantitative estimate of drug-likeness (QED) is 0.451. The Morgan fingerprint density at radius 3 is 2.80 bits per heavy atom. The van der Waals surface area contributed by atoms with Gasteiger partial charge in [-0.2, -0.15) is 0 Å². The first-order chi connectivity index (χ1) is 12.2. The normalized spacial score (nSPS) is 24.9. The highest BCUT2D eigenvalue weighted by Crippen LogP contribution is 2.31. The van der Waals surface area contributed by atoms with Crippen molar-refractivity contribution in [3.8, 4) is 0 Å². The molecule has 0 aromatic heterocycles.